The second kappa shape index (κ2) is 38.4. The summed E-state index contributed by atoms with van der Waals surface area (Å²) in [5.41, 5.74) is 6.87. The maximum atomic E-state index is 5.74. The summed E-state index contributed by atoms with van der Waals surface area (Å²) in [6, 6.07) is 0.651. The van der Waals surface area contributed by atoms with Gasteiger partial charge in [0, 0.05) is 38.0 Å². The fourth-order valence-electron chi connectivity index (χ4n) is 5.81. The summed E-state index contributed by atoms with van der Waals surface area (Å²) in [5, 5.41) is 7.07. The smallest absolute Gasteiger partial charge is 0.0274 e. The van der Waals surface area contributed by atoms with E-state index in [0.29, 0.717) is 6.04 Å². The molecule has 0 amide bonds. The molecule has 0 radical (unpaired) electrons. The van der Waals surface area contributed by atoms with Gasteiger partial charge in [0.2, 0.25) is 0 Å². The lowest BCUT2D eigenvalue weighted by atomic mass is 9.99. The van der Waals surface area contributed by atoms with Crippen LogP contribution in [0.1, 0.15) is 187 Å². The van der Waals surface area contributed by atoms with Crippen molar-refractivity contribution in [2.45, 2.75) is 193 Å². The Balaban J connectivity index is 3.94. The first-order valence-corrected chi connectivity index (χ1v) is 19.7. The molecule has 0 fully saturated rings. The van der Waals surface area contributed by atoms with Crippen LogP contribution in [0.4, 0.5) is 0 Å². The topological polar surface area (TPSA) is 50.1 Å². The molecular weight excluding hydrogens is 546 g/mol. The molecule has 0 heterocycles. The van der Waals surface area contributed by atoms with E-state index in [0.717, 1.165) is 31.5 Å². The van der Waals surface area contributed by atoms with Crippen molar-refractivity contribution in [3.63, 3.8) is 0 Å². The van der Waals surface area contributed by atoms with Crippen molar-refractivity contribution < 1.29 is 0 Å². The summed E-state index contributed by atoms with van der Waals surface area (Å²) >= 11 is 0. The molecule has 0 bridgehead atoms. The molecule has 0 aromatic carbocycles. The van der Waals surface area contributed by atoms with E-state index in [1.807, 2.05) is 7.05 Å². The van der Waals surface area contributed by atoms with Crippen molar-refractivity contribution in [1.29, 1.82) is 0 Å². The zero-order valence-electron chi connectivity index (χ0n) is 30.6. The average Bonchev–Trinajstić information content (AvgIpc) is 3.05. The van der Waals surface area contributed by atoms with Crippen LogP contribution in [0.15, 0.2) is 60.5 Å². The third-order valence-electron chi connectivity index (χ3n) is 8.86. The molecule has 262 valence electrons. The van der Waals surface area contributed by atoms with Gasteiger partial charge in [-0.3, -0.25) is 0 Å². The maximum Gasteiger partial charge on any atom is 0.0274 e. The molecule has 3 heteroatoms. The van der Waals surface area contributed by atoms with Crippen molar-refractivity contribution in [2.75, 3.05) is 13.6 Å². The number of hydrogen-bond acceptors (Lipinski definition) is 3. The van der Waals surface area contributed by atoms with Crippen LogP contribution in [-0.4, -0.2) is 19.6 Å². The molecule has 0 spiro atoms. The molecule has 0 unspecified atom stereocenters. The molecule has 0 saturated carbocycles. The number of rotatable bonds is 35. The lowest BCUT2D eigenvalue weighted by Crippen LogP contribution is -2.31. The van der Waals surface area contributed by atoms with E-state index in [9.17, 15) is 0 Å². The zero-order chi connectivity index (χ0) is 32.7. The molecule has 0 rings (SSSR count). The Hall–Kier alpha value is -1.74. The quantitative estimate of drug-likeness (QED) is 0.0485. The lowest BCUT2D eigenvalue weighted by molar-refractivity contribution is 0.412. The number of nitrogens with one attached hydrogen (secondary N) is 2. The first-order chi connectivity index (χ1) is 22.3. The molecule has 0 aliphatic carbocycles. The molecule has 3 nitrogen and oxygen atoms in total. The summed E-state index contributed by atoms with van der Waals surface area (Å²) in [7, 11) is 1.96. The van der Waals surface area contributed by atoms with Gasteiger partial charge in [0.25, 0.3) is 0 Å². The summed E-state index contributed by atoms with van der Waals surface area (Å²) in [4.78, 5) is 0. The van der Waals surface area contributed by atoms with Crippen LogP contribution in [0.2, 0.25) is 0 Å². The van der Waals surface area contributed by atoms with E-state index in [4.69, 9.17) is 5.73 Å². The monoisotopic (exact) mass is 626 g/mol. The largest absolute Gasteiger partial charge is 0.403 e. The Kier molecular flexibility index (Phi) is 37.0. The van der Waals surface area contributed by atoms with Gasteiger partial charge in [-0.2, -0.15) is 0 Å². The Morgan fingerprint density at radius 3 is 1.27 bits per heavy atom. The van der Waals surface area contributed by atoms with Crippen molar-refractivity contribution in [3.8, 4) is 0 Å². The van der Waals surface area contributed by atoms with Gasteiger partial charge in [0.15, 0.2) is 0 Å². The van der Waals surface area contributed by atoms with Gasteiger partial charge in [-0.1, -0.05) is 152 Å². The highest BCUT2D eigenvalue weighted by Gasteiger charge is 2.08. The highest BCUT2D eigenvalue weighted by molar-refractivity contribution is 4.96. The molecule has 0 aliphatic heterocycles. The van der Waals surface area contributed by atoms with Crippen molar-refractivity contribution >= 4 is 0 Å². The van der Waals surface area contributed by atoms with Crippen molar-refractivity contribution in [1.82, 2.24) is 10.6 Å². The molecule has 0 aromatic heterocycles. The SMILES string of the molecule is CCCCC/C=C\C/C=C\CCCCCCCCC(CCCCCCCC/C=C\C/C=C\CCCCC)NCC/C(=C/N)NC. The van der Waals surface area contributed by atoms with E-state index < -0.39 is 0 Å². The summed E-state index contributed by atoms with van der Waals surface area (Å²) in [6.07, 6.45) is 55.9. The van der Waals surface area contributed by atoms with Crippen LogP contribution < -0.4 is 16.4 Å². The normalized spacial score (nSPS) is 12.8. The van der Waals surface area contributed by atoms with Crippen molar-refractivity contribution in [2.24, 2.45) is 5.73 Å². The molecular formula is C42H79N3. The van der Waals surface area contributed by atoms with Crippen LogP contribution in [0.3, 0.4) is 0 Å². The van der Waals surface area contributed by atoms with E-state index in [-0.39, 0.29) is 0 Å². The molecule has 0 aromatic rings. The van der Waals surface area contributed by atoms with Crippen LogP contribution in [0, 0.1) is 0 Å². The second-order valence-corrected chi connectivity index (χ2v) is 13.1. The summed E-state index contributed by atoms with van der Waals surface area (Å²) < 4.78 is 0. The minimum atomic E-state index is 0.651. The summed E-state index contributed by atoms with van der Waals surface area (Å²) in [5.74, 6) is 0. The number of allylic oxidation sites excluding steroid dienone is 8. The first kappa shape index (κ1) is 43.3. The van der Waals surface area contributed by atoms with Gasteiger partial charge in [-0.25, -0.2) is 0 Å². The van der Waals surface area contributed by atoms with E-state index >= 15 is 0 Å². The molecule has 0 aliphatic rings. The third kappa shape index (κ3) is 35.0. The van der Waals surface area contributed by atoms with Crippen LogP contribution in [-0.2, 0) is 0 Å². The Labute approximate surface area is 283 Å². The van der Waals surface area contributed by atoms with E-state index in [2.05, 4.69) is 73.1 Å². The number of nitrogens with two attached hydrogens (primary N) is 1. The van der Waals surface area contributed by atoms with Crippen LogP contribution in [0.25, 0.3) is 0 Å². The minimum Gasteiger partial charge on any atom is -0.403 e. The molecule has 45 heavy (non-hydrogen) atoms. The van der Waals surface area contributed by atoms with Gasteiger partial charge in [0.05, 0.1) is 0 Å². The maximum absolute atomic E-state index is 5.74. The standard InChI is InChI=1S/C42H79N3/c1-4-6-8-10-12-14-16-18-20-22-24-26-28-30-32-34-36-41(45-39-38-42(40-43)44-3)37-35-33-31-29-27-25-23-21-19-17-15-13-11-9-7-5-2/h12-15,18-21,40-41,44-45H,4-11,16-17,22-39,43H2,1-3H3/b14-12-,15-13-,20-18-,21-19-,42-40-. The predicted octanol–water partition coefficient (Wildman–Crippen LogP) is 12.8. The van der Waals surface area contributed by atoms with Gasteiger partial charge in [0.1, 0.15) is 0 Å². The van der Waals surface area contributed by atoms with Gasteiger partial charge in [-0.05, 0) is 77.0 Å². The summed E-state index contributed by atoms with van der Waals surface area (Å²) in [6.45, 7) is 5.55. The highest BCUT2D eigenvalue weighted by Crippen LogP contribution is 2.16. The molecule has 4 N–H and O–H groups in total. The van der Waals surface area contributed by atoms with Crippen LogP contribution in [0.5, 0.6) is 0 Å². The first-order valence-electron chi connectivity index (χ1n) is 19.7. The Morgan fingerprint density at radius 2 is 0.889 bits per heavy atom. The average molecular weight is 626 g/mol. The van der Waals surface area contributed by atoms with Crippen LogP contribution >= 0.6 is 0 Å². The number of unbranched alkanes of at least 4 members (excludes halogenated alkanes) is 18. The molecule has 0 atom stereocenters. The number of hydrogen-bond donors (Lipinski definition) is 3. The van der Waals surface area contributed by atoms with Gasteiger partial charge < -0.3 is 16.4 Å². The van der Waals surface area contributed by atoms with Gasteiger partial charge >= 0.3 is 0 Å². The Morgan fingerprint density at radius 1 is 0.511 bits per heavy atom. The van der Waals surface area contributed by atoms with Gasteiger partial charge in [-0.15, -0.1) is 0 Å². The third-order valence-corrected chi connectivity index (χ3v) is 8.86. The fourth-order valence-corrected chi connectivity index (χ4v) is 5.81. The minimum absolute atomic E-state index is 0.651. The predicted molar refractivity (Wildman–Crippen MR) is 206 cm³/mol. The van der Waals surface area contributed by atoms with Crippen molar-refractivity contribution in [3.05, 3.63) is 60.5 Å². The Bertz CT molecular complexity index is 669. The highest BCUT2D eigenvalue weighted by atomic mass is 14.9. The van der Waals surface area contributed by atoms with E-state index in [1.54, 1.807) is 6.20 Å². The zero-order valence-corrected chi connectivity index (χ0v) is 30.6. The second-order valence-electron chi connectivity index (χ2n) is 13.1. The fraction of sp³-hybridized carbons (Fsp3) is 0.762. The molecule has 0 saturated heterocycles. The lowest BCUT2D eigenvalue weighted by Gasteiger charge is -2.19. The van der Waals surface area contributed by atoms with E-state index in [1.165, 1.54) is 154 Å².